The lowest BCUT2D eigenvalue weighted by Gasteiger charge is -2.22. The van der Waals surface area contributed by atoms with Crippen molar-refractivity contribution in [1.82, 2.24) is 0 Å². The molecular formula is C6H12NO2+. The van der Waals surface area contributed by atoms with Crippen molar-refractivity contribution >= 4 is 0 Å². The first-order valence-corrected chi connectivity index (χ1v) is 3.52. The highest BCUT2D eigenvalue weighted by Gasteiger charge is 2.34. The van der Waals surface area contributed by atoms with Gasteiger partial charge in [-0.1, -0.05) is 0 Å². The van der Waals surface area contributed by atoms with Crippen molar-refractivity contribution in [3.8, 4) is 0 Å². The molecule has 0 saturated carbocycles. The van der Waals surface area contributed by atoms with E-state index in [-0.39, 0.29) is 0 Å². The van der Waals surface area contributed by atoms with Crippen LogP contribution in [0.2, 0.25) is 0 Å². The molecule has 2 rings (SSSR count). The molecule has 0 amide bonds. The van der Waals surface area contributed by atoms with Crippen LogP contribution in [-0.4, -0.2) is 38.5 Å². The van der Waals surface area contributed by atoms with Gasteiger partial charge in [0.2, 0.25) is 0 Å². The van der Waals surface area contributed by atoms with E-state index >= 15 is 0 Å². The van der Waals surface area contributed by atoms with Crippen LogP contribution in [0.3, 0.4) is 0 Å². The van der Waals surface area contributed by atoms with E-state index in [2.05, 4.69) is 5.32 Å². The van der Waals surface area contributed by atoms with Crippen LogP contribution >= 0.6 is 0 Å². The van der Waals surface area contributed by atoms with Crippen molar-refractivity contribution in [3.05, 3.63) is 0 Å². The van der Waals surface area contributed by atoms with Crippen molar-refractivity contribution in [2.24, 2.45) is 0 Å². The summed E-state index contributed by atoms with van der Waals surface area (Å²) in [6, 6.07) is 0. The maximum Gasteiger partial charge on any atom is 0.138 e. The lowest BCUT2D eigenvalue weighted by molar-refractivity contribution is -0.640. The van der Waals surface area contributed by atoms with E-state index in [1.807, 2.05) is 0 Å². The molecule has 0 spiro atoms. The van der Waals surface area contributed by atoms with Gasteiger partial charge in [0, 0.05) is 0 Å². The largest absolute Gasteiger partial charge is 0.367 e. The van der Waals surface area contributed by atoms with E-state index in [0.29, 0.717) is 12.2 Å². The highest BCUT2D eigenvalue weighted by Crippen LogP contribution is 2.09. The Labute approximate surface area is 54.3 Å². The number of hydrogen-bond donors (Lipinski definition) is 1. The van der Waals surface area contributed by atoms with Crippen molar-refractivity contribution < 1.29 is 14.8 Å². The second-order valence-electron chi connectivity index (χ2n) is 2.58. The molecule has 0 radical (unpaired) electrons. The average molecular weight is 130 g/mol. The first kappa shape index (κ1) is 5.65. The van der Waals surface area contributed by atoms with E-state index < -0.39 is 0 Å². The molecule has 2 aliphatic rings. The first-order chi connectivity index (χ1) is 4.47. The fourth-order valence-electron chi connectivity index (χ4n) is 1.48. The maximum absolute atomic E-state index is 5.45. The number of ether oxygens (including phenoxy) is 2. The zero-order valence-corrected chi connectivity index (χ0v) is 5.38. The summed E-state index contributed by atoms with van der Waals surface area (Å²) in [6.45, 7) is 3.75. The summed E-state index contributed by atoms with van der Waals surface area (Å²) in [5.74, 6) is 0. The minimum absolute atomic E-state index is 0.388. The molecule has 2 fully saturated rings. The molecule has 0 aromatic carbocycles. The predicted octanol–water partition coefficient (Wildman–Crippen LogP) is -1.65. The average Bonchev–Trinajstić information content (AvgIpc) is 2.33. The molecule has 2 saturated heterocycles. The Balaban J connectivity index is 1.97. The molecule has 9 heavy (non-hydrogen) atoms. The Morgan fingerprint density at radius 1 is 1.00 bits per heavy atom. The van der Waals surface area contributed by atoms with Crippen molar-refractivity contribution in [3.63, 3.8) is 0 Å². The Morgan fingerprint density at radius 3 is 2.11 bits per heavy atom. The fourth-order valence-corrected chi connectivity index (χ4v) is 1.48. The highest BCUT2D eigenvalue weighted by molar-refractivity contribution is 4.75. The van der Waals surface area contributed by atoms with E-state index in [1.54, 1.807) is 0 Å². The van der Waals surface area contributed by atoms with Gasteiger partial charge in [-0.25, -0.2) is 0 Å². The zero-order valence-electron chi connectivity index (χ0n) is 5.38. The summed E-state index contributed by atoms with van der Waals surface area (Å²) in [6.07, 6.45) is 0.775. The Bertz CT molecular complexity index is 95.2. The second kappa shape index (κ2) is 2.25. The smallest absolute Gasteiger partial charge is 0.138 e. The molecule has 0 bridgehead atoms. The van der Waals surface area contributed by atoms with Crippen LogP contribution in [0.15, 0.2) is 0 Å². The van der Waals surface area contributed by atoms with Gasteiger partial charge in [0.25, 0.3) is 0 Å². The van der Waals surface area contributed by atoms with Crippen LogP contribution in [0, 0.1) is 0 Å². The van der Waals surface area contributed by atoms with Gasteiger partial charge in [-0.2, -0.15) is 0 Å². The van der Waals surface area contributed by atoms with Gasteiger partial charge in [-0.3, -0.25) is 0 Å². The molecular weight excluding hydrogens is 118 g/mol. The van der Waals surface area contributed by atoms with Crippen LogP contribution < -0.4 is 5.32 Å². The van der Waals surface area contributed by atoms with Crippen LogP contribution in [0.5, 0.6) is 0 Å². The molecule has 3 heteroatoms. The molecule has 3 nitrogen and oxygen atoms in total. The summed E-state index contributed by atoms with van der Waals surface area (Å²) in [4.78, 5) is 0. The van der Waals surface area contributed by atoms with Gasteiger partial charge in [-0.15, -0.1) is 0 Å². The SMILES string of the molecule is C1CO[C@@H]2C[NH2+]C[C@H]2O1. The predicted molar refractivity (Wildman–Crippen MR) is 31.1 cm³/mol. The Morgan fingerprint density at radius 2 is 1.56 bits per heavy atom. The number of nitrogens with two attached hydrogens (primary N) is 1. The minimum Gasteiger partial charge on any atom is -0.367 e. The Hall–Kier alpha value is -0.120. The van der Waals surface area contributed by atoms with Crippen molar-refractivity contribution in [2.45, 2.75) is 12.2 Å². The molecule has 2 atom stereocenters. The monoisotopic (exact) mass is 130 g/mol. The van der Waals surface area contributed by atoms with Crippen LogP contribution in [-0.2, 0) is 9.47 Å². The summed E-state index contributed by atoms with van der Waals surface area (Å²) < 4.78 is 10.9. The summed E-state index contributed by atoms with van der Waals surface area (Å²) in [7, 11) is 0. The number of rotatable bonds is 0. The molecule has 2 heterocycles. The lowest BCUT2D eigenvalue weighted by atomic mass is 10.2. The number of hydrogen-bond acceptors (Lipinski definition) is 2. The number of fused-ring (bicyclic) bond motifs is 1. The number of quaternary nitrogens is 1. The van der Waals surface area contributed by atoms with Gasteiger partial charge in [0.05, 0.1) is 13.2 Å². The summed E-state index contributed by atoms with van der Waals surface area (Å²) in [5.41, 5.74) is 0. The highest BCUT2D eigenvalue weighted by atomic mass is 16.6. The minimum atomic E-state index is 0.388. The van der Waals surface area contributed by atoms with Crippen molar-refractivity contribution in [2.75, 3.05) is 26.3 Å². The van der Waals surface area contributed by atoms with Crippen LogP contribution in [0.4, 0.5) is 0 Å². The molecule has 0 aromatic heterocycles. The fraction of sp³-hybridized carbons (Fsp3) is 1.00. The molecule has 0 unspecified atom stereocenters. The van der Waals surface area contributed by atoms with E-state index in [1.165, 1.54) is 0 Å². The van der Waals surface area contributed by atoms with E-state index in [0.717, 1.165) is 26.3 Å². The molecule has 52 valence electrons. The molecule has 0 aromatic rings. The van der Waals surface area contributed by atoms with E-state index in [9.17, 15) is 0 Å². The zero-order chi connectivity index (χ0) is 6.10. The first-order valence-electron chi connectivity index (χ1n) is 3.52. The van der Waals surface area contributed by atoms with Crippen molar-refractivity contribution in [1.29, 1.82) is 0 Å². The third-order valence-corrected chi connectivity index (χ3v) is 1.96. The second-order valence-corrected chi connectivity index (χ2v) is 2.58. The Kier molecular flexibility index (Phi) is 1.41. The van der Waals surface area contributed by atoms with Crippen LogP contribution in [0.25, 0.3) is 0 Å². The standard InChI is InChI=1S/C6H11NO2/c1-2-9-6-4-7-3-5(6)8-1/h5-7H,1-4H2/p+1/t5-,6-/m1/s1. The third-order valence-electron chi connectivity index (χ3n) is 1.96. The summed E-state index contributed by atoms with van der Waals surface area (Å²) >= 11 is 0. The normalized spacial score (nSPS) is 42.7. The van der Waals surface area contributed by atoms with Gasteiger partial charge < -0.3 is 14.8 Å². The van der Waals surface area contributed by atoms with Gasteiger partial charge >= 0.3 is 0 Å². The molecule has 0 aliphatic carbocycles. The lowest BCUT2D eigenvalue weighted by Crippen LogP contribution is -2.82. The summed E-state index contributed by atoms with van der Waals surface area (Å²) in [5, 5.41) is 2.25. The molecule has 2 N–H and O–H groups in total. The van der Waals surface area contributed by atoms with Crippen LogP contribution in [0.1, 0.15) is 0 Å². The van der Waals surface area contributed by atoms with Gasteiger partial charge in [-0.05, 0) is 0 Å². The molecule has 2 aliphatic heterocycles. The van der Waals surface area contributed by atoms with E-state index in [4.69, 9.17) is 9.47 Å². The van der Waals surface area contributed by atoms with Gasteiger partial charge in [0.15, 0.2) is 0 Å². The van der Waals surface area contributed by atoms with Gasteiger partial charge in [0.1, 0.15) is 25.3 Å². The topological polar surface area (TPSA) is 35.1 Å². The maximum atomic E-state index is 5.45. The third kappa shape index (κ3) is 0.956. The quantitative estimate of drug-likeness (QED) is 0.426.